The van der Waals surface area contributed by atoms with Crippen molar-refractivity contribution < 1.29 is 4.79 Å². The molecule has 2 aromatic carbocycles. The number of carbonyl (C=O) groups is 1. The van der Waals surface area contributed by atoms with Crippen LogP contribution in [0, 0.1) is 6.92 Å². The van der Waals surface area contributed by atoms with Crippen LogP contribution in [0.2, 0.25) is 5.02 Å². The van der Waals surface area contributed by atoms with E-state index in [1.807, 2.05) is 30.3 Å². The summed E-state index contributed by atoms with van der Waals surface area (Å²) in [5.41, 5.74) is 3.90. The Morgan fingerprint density at radius 3 is 2.52 bits per heavy atom. The molecule has 0 aliphatic rings. The second-order valence-corrected chi connectivity index (χ2v) is 6.78. The molecule has 0 radical (unpaired) electrons. The summed E-state index contributed by atoms with van der Waals surface area (Å²) in [6, 6.07) is 19.4. The SMILES string of the molecule is CCN(c1cccc(C)c1)c1ccc(NC(=O)Cc2ccc(Cl)cc2)cn1. The van der Waals surface area contributed by atoms with Crippen molar-refractivity contribution in [2.75, 3.05) is 16.8 Å². The highest BCUT2D eigenvalue weighted by Gasteiger charge is 2.10. The smallest absolute Gasteiger partial charge is 0.228 e. The topological polar surface area (TPSA) is 45.2 Å². The van der Waals surface area contributed by atoms with Gasteiger partial charge in [0.05, 0.1) is 18.3 Å². The van der Waals surface area contributed by atoms with Crippen molar-refractivity contribution in [2.45, 2.75) is 20.3 Å². The molecule has 0 aliphatic carbocycles. The van der Waals surface area contributed by atoms with Gasteiger partial charge in [-0.2, -0.15) is 0 Å². The lowest BCUT2D eigenvalue weighted by atomic mass is 10.1. The number of anilines is 3. The first kappa shape index (κ1) is 18.9. The maximum Gasteiger partial charge on any atom is 0.228 e. The highest BCUT2D eigenvalue weighted by atomic mass is 35.5. The second kappa shape index (κ2) is 8.69. The molecule has 1 aromatic heterocycles. The van der Waals surface area contributed by atoms with E-state index < -0.39 is 0 Å². The Hall–Kier alpha value is -2.85. The van der Waals surface area contributed by atoms with Gasteiger partial charge >= 0.3 is 0 Å². The predicted octanol–water partition coefficient (Wildman–Crippen LogP) is 5.38. The molecule has 0 fully saturated rings. The lowest BCUT2D eigenvalue weighted by Crippen LogP contribution is -2.18. The first-order chi connectivity index (χ1) is 13.0. The summed E-state index contributed by atoms with van der Waals surface area (Å²) < 4.78 is 0. The van der Waals surface area contributed by atoms with Crippen LogP contribution < -0.4 is 10.2 Å². The van der Waals surface area contributed by atoms with E-state index in [0.717, 1.165) is 23.6 Å². The number of hydrogen-bond acceptors (Lipinski definition) is 3. The fraction of sp³-hybridized carbons (Fsp3) is 0.182. The number of halogens is 1. The molecular formula is C22H22ClN3O. The highest BCUT2D eigenvalue weighted by Crippen LogP contribution is 2.25. The van der Waals surface area contributed by atoms with Gasteiger partial charge in [0, 0.05) is 17.3 Å². The van der Waals surface area contributed by atoms with E-state index in [0.29, 0.717) is 17.1 Å². The third-order valence-electron chi connectivity index (χ3n) is 4.22. The van der Waals surface area contributed by atoms with Gasteiger partial charge in [-0.25, -0.2) is 4.98 Å². The Morgan fingerprint density at radius 2 is 1.89 bits per heavy atom. The van der Waals surface area contributed by atoms with Crippen LogP contribution in [-0.2, 0) is 11.2 Å². The van der Waals surface area contributed by atoms with Crippen molar-refractivity contribution in [3.05, 3.63) is 83.0 Å². The molecule has 0 unspecified atom stereocenters. The Bertz CT molecular complexity index is 908. The van der Waals surface area contributed by atoms with Crippen LogP contribution in [0.1, 0.15) is 18.1 Å². The van der Waals surface area contributed by atoms with Gasteiger partial charge in [0.2, 0.25) is 5.91 Å². The third kappa shape index (κ3) is 5.08. The van der Waals surface area contributed by atoms with Crippen LogP contribution in [0.5, 0.6) is 0 Å². The molecule has 1 amide bonds. The lowest BCUT2D eigenvalue weighted by molar-refractivity contribution is -0.115. The Labute approximate surface area is 164 Å². The van der Waals surface area contributed by atoms with E-state index in [-0.39, 0.29) is 5.91 Å². The molecule has 0 saturated heterocycles. The number of pyridine rings is 1. The summed E-state index contributed by atoms with van der Waals surface area (Å²) in [4.78, 5) is 18.9. The van der Waals surface area contributed by atoms with Gasteiger partial charge in [0.15, 0.2) is 0 Å². The minimum Gasteiger partial charge on any atom is -0.327 e. The number of rotatable bonds is 6. The molecule has 1 N–H and O–H groups in total. The minimum atomic E-state index is -0.0853. The third-order valence-corrected chi connectivity index (χ3v) is 4.47. The molecule has 3 aromatic rings. The predicted molar refractivity (Wildman–Crippen MR) is 112 cm³/mol. The number of amides is 1. The monoisotopic (exact) mass is 379 g/mol. The Balaban J connectivity index is 1.67. The molecule has 138 valence electrons. The molecule has 3 rings (SSSR count). The zero-order valence-corrected chi connectivity index (χ0v) is 16.2. The lowest BCUT2D eigenvalue weighted by Gasteiger charge is -2.22. The molecule has 0 bridgehead atoms. The first-order valence-corrected chi connectivity index (χ1v) is 9.27. The van der Waals surface area contributed by atoms with Crippen LogP contribution in [0.15, 0.2) is 66.9 Å². The normalized spacial score (nSPS) is 10.5. The first-order valence-electron chi connectivity index (χ1n) is 8.89. The van der Waals surface area contributed by atoms with E-state index in [9.17, 15) is 4.79 Å². The van der Waals surface area contributed by atoms with Crippen LogP contribution in [0.25, 0.3) is 0 Å². The van der Waals surface area contributed by atoms with Crippen molar-refractivity contribution in [1.82, 2.24) is 4.98 Å². The maximum atomic E-state index is 12.2. The van der Waals surface area contributed by atoms with E-state index >= 15 is 0 Å². The van der Waals surface area contributed by atoms with Crippen molar-refractivity contribution in [3.63, 3.8) is 0 Å². The number of carbonyl (C=O) groups excluding carboxylic acids is 1. The molecule has 1 heterocycles. The zero-order chi connectivity index (χ0) is 19.2. The van der Waals surface area contributed by atoms with Crippen molar-refractivity contribution in [1.29, 1.82) is 0 Å². The summed E-state index contributed by atoms with van der Waals surface area (Å²) in [6.45, 7) is 4.97. The number of nitrogens with one attached hydrogen (secondary N) is 1. The Kier molecular flexibility index (Phi) is 6.09. The van der Waals surface area contributed by atoms with Crippen molar-refractivity contribution in [2.24, 2.45) is 0 Å². The van der Waals surface area contributed by atoms with E-state index in [1.165, 1.54) is 5.56 Å². The molecular weight excluding hydrogens is 358 g/mol. The summed E-state index contributed by atoms with van der Waals surface area (Å²) >= 11 is 5.87. The standard InChI is InChI=1S/C22H22ClN3O/c1-3-26(20-6-4-5-16(2)13-20)21-12-11-19(15-24-21)25-22(27)14-17-7-9-18(23)10-8-17/h4-13,15H,3,14H2,1-2H3,(H,25,27). The van der Waals surface area contributed by atoms with Crippen LogP contribution in [-0.4, -0.2) is 17.4 Å². The summed E-state index contributed by atoms with van der Waals surface area (Å²) in [5, 5.41) is 3.55. The zero-order valence-electron chi connectivity index (χ0n) is 15.4. The second-order valence-electron chi connectivity index (χ2n) is 6.34. The fourth-order valence-corrected chi connectivity index (χ4v) is 3.01. The van der Waals surface area contributed by atoms with Crippen molar-refractivity contribution in [3.8, 4) is 0 Å². The summed E-state index contributed by atoms with van der Waals surface area (Å²) in [7, 11) is 0. The molecule has 0 atom stereocenters. The fourth-order valence-electron chi connectivity index (χ4n) is 2.89. The van der Waals surface area contributed by atoms with Crippen LogP contribution in [0.4, 0.5) is 17.2 Å². The van der Waals surface area contributed by atoms with Gasteiger partial charge in [0.25, 0.3) is 0 Å². The van der Waals surface area contributed by atoms with Gasteiger partial charge in [0.1, 0.15) is 5.82 Å². The molecule has 0 saturated carbocycles. The number of benzene rings is 2. The van der Waals surface area contributed by atoms with E-state index in [2.05, 4.69) is 47.2 Å². The quantitative estimate of drug-likeness (QED) is 0.625. The molecule has 0 aliphatic heterocycles. The van der Waals surface area contributed by atoms with Crippen LogP contribution >= 0.6 is 11.6 Å². The average molecular weight is 380 g/mol. The van der Waals surface area contributed by atoms with E-state index in [1.54, 1.807) is 18.3 Å². The largest absolute Gasteiger partial charge is 0.327 e. The molecule has 4 nitrogen and oxygen atoms in total. The highest BCUT2D eigenvalue weighted by molar-refractivity contribution is 6.30. The van der Waals surface area contributed by atoms with Gasteiger partial charge in [-0.05, 0) is 61.4 Å². The van der Waals surface area contributed by atoms with Gasteiger partial charge in [-0.15, -0.1) is 0 Å². The maximum absolute atomic E-state index is 12.2. The van der Waals surface area contributed by atoms with E-state index in [4.69, 9.17) is 11.6 Å². The minimum absolute atomic E-state index is 0.0853. The molecule has 27 heavy (non-hydrogen) atoms. The van der Waals surface area contributed by atoms with Crippen molar-refractivity contribution >= 4 is 34.7 Å². The van der Waals surface area contributed by atoms with Gasteiger partial charge in [-0.1, -0.05) is 35.9 Å². The number of hydrogen-bond donors (Lipinski definition) is 1. The number of aryl methyl sites for hydroxylation is 1. The Morgan fingerprint density at radius 1 is 1.11 bits per heavy atom. The van der Waals surface area contributed by atoms with Crippen LogP contribution in [0.3, 0.4) is 0 Å². The summed E-state index contributed by atoms with van der Waals surface area (Å²) in [5.74, 6) is 0.761. The number of aromatic nitrogens is 1. The van der Waals surface area contributed by atoms with Gasteiger partial charge < -0.3 is 10.2 Å². The van der Waals surface area contributed by atoms with Gasteiger partial charge in [-0.3, -0.25) is 4.79 Å². The average Bonchev–Trinajstić information content (AvgIpc) is 2.66. The molecule has 0 spiro atoms. The molecule has 5 heteroatoms. The number of nitrogens with zero attached hydrogens (tertiary/aromatic N) is 2. The summed E-state index contributed by atoms with van der Waals surface area (Å²) in [6.07, 6.45) is 1.98.